The number of carbonyl (C=O) groups excluding carboxylic acids is 1. The van der Waals surface area contributed by atoms with E-state index in [4.69, 9.17) is 14.2 Å². The highest BCUT2D eigenvalue weighted by atomic mass is 32.1. The first-order chi connectivity index (χ1) is 12.3. The van der Waals surface area contributed by atoms with Crippen molar-refractivity contribution >= 4 is 17.2 Å². The summed E-state index contributed by atoms with van der Waals surface area (Å²) in [4.78, 5) is 21.1. The largest absolute Gasteiger partial charge is 0.381 e. The number of hydrogen-bond acceptors (Lipinski definition) is 7. The molecular weight excluding hydrogens is 342 g/mol. The van der Waals surface area contributed by atoms with E-state index in [1.165, 1.54) is 11.3 Å². The minimum absolute atomic E-state index is 0.0249. The second-order valence-corrected chi connectivity index (χ2v) is 7.73. The van der Waals surface area contributed by atoms with Crippen molar-refractivity contribution < 1.29 is 19.0 Å². The molecule has 3 aliphatic heterocycles. The van der Waals surface area contributed by atoms with E-state index in [0.29, 0.717) is 43.9 Å². The number of nitrogens with zero attached hydrogens (tertiary/aromatic N) is 3. The van der Waals surface area contributed by atoms with E-state index >= 15 is 0 Å². The fourth-order valence-electron chi connectivity index (χ4n) is 3.90. The van der Waals surface area contributed by atoms with Gasteiger partial charge in [0, 0.05) is 43.9 Å². The van der Waals surface area contributed by atoms with Crippen molar-refractivity contribution in [3.8, 4) is 0 Å². The van der Waals surface area contributed by atoms with Gasteiger partial charge in [-0.15, -0.1) is 11.3 Å². The lowest BCUT2D eigenvalue weighted by Gasteiger charge is -2.44. The van der Waals surface area contributed by atoms with Gasteiger partial charge in [-0.05, 0) is 19.3 Å². The molecule has 1 amide bonds. The summed E-state index contributed by atoms with van der Waals surface area (Å²) < 4.78 is 17.7. The summed E-state index contributed by atoms with van der Waals surface area (Å²) in [6.07, 6.45) is 4.77. The highest BCUT2D eigenvalue weighted by Crippen LogP contribution is 2.28. The third-order valence-electron chi connectivity index (χ3n) is 5.17. The van der Waals surface area contributed by atoms with E-state index < -0.39 is 5.79 Å². The summed E-state index contributed by atoms with van der Waals surface area (Å²) in [6.45, 7) is 5.58. The number of rotatable bonds is 2. The summed E-state index contributed by atoms with van der Waals surface area (Å²) in [5, 5.41) is 2.37. The number of thiazole rings is 1. The molecule has 8 heteroatoms. The Morgan fingerprint density at radius 3 is 2.80 bits per heavy atom. The van der Waals surface area contributed by atoms with Gasteiger partial charge in [-0.25, -0.2) is 4.98 Å². The minimum Gasteiger partial charge on any atom is -0.381 e. The van der Waals surface area contributed by atoms with Crippen LogP contribution in [0.25, 0.3) is 0 Å². The Morgan fingerprint density at radius 1 is 1.16 bits per heavy atom. The van der Waals surface area contributed by atoms with E-state index in [1.807, 2.05) is 10.3 Å². The van der Waals surface area contributed by atoms with Gasteiger partial charge in [-0.2, -0.15) is 0 Å². The summed E-state index contributed by atoms with van der Waals surface area (Å²) in [5.74, 6) is -0.747. The lowest BCUT2D eigenvalue weighted by Crippen LogP contribution is -2.60. The zero-order chi connectivity index (χ0) is 17.1. The van der Waals surface area contributed by atoms with Gasteiger partial charge in [0.15, 0.2) is 10.8 Å². The van der Waals surface area contributed by atoms with Crippen LogP contribution in [0, 0.1) is 0 Å². The van der Waals surface area contributed by atoms with Crippen LogP contribution in [0.15, 0.2) is 11.6 Å². The Morgan fingerprint density at radius 2 is 2.00 bits per heavy atom. The molecule has 7 nitrogen and oxygen atoms in total. The van der Waals surface area contributed by atoms with Crippen molar-refractivity contribution in [1.82, 2.24) is 14.8 Å². The van der Waals surface area contributed by atoms with Gasteiger partial charge in [-0.1, -0.05) is 0 Å². The predicted octanol–water partition coefficient (Wildman–Crippen LogP) is 1.21. The maximum atomic E-state index is 12.7. The second kappa shape index (κ2) is 7.67. The first kappa shape index (κ1) is 17.4. The van der Waals surface area contributed by atoms with Crippen LogP contribution < -0.4 is 0 Å². The molecule has 4 rings (SSSR count). The molecule has 1 spiro atoms. The van der Waals surface area contributed by atoms with Crippen LogP contribution in [0.5, 0.6) is 0 Å². The van der Waals surface area contributed by atoms with Gasteiger partial charge in [0.05, 0.1) is 26.3 Å². The van der Waals surface area contributed by atoms with Crippen molar-refractivity contribution in [2.24, 2.45) is 0 Å². The fraction of sp³-hybridized carbons (Fsp3) is 0.765. The number of hydrogen-bond donors (Lipinski definition) is 0. The molecule has 0 aliphatic carbocycles. The quantitative estimate of drug-likeness (QED) is 0.783. The summed E-state index contributed by atoms with van der Waals surface area (Å²) in [7, 11) is 0. The molecule has 0 radical (unpaired) electrons. The Hall–Kier alpha value is -1.06. The average molecular weight is 367 g/mol. The van der Waals surface area contributed by atoms with Crippen LogP contribution >= 0.6 is 11.3 Å². The lowest BCUT2D eigenvalue weighted by atomic mass is 10.1. The molecule has 3 saturated heterocycles. The van der Waals surface area contributed by atoms with Crippen LogP contribution in [-0.4, -0.2) is 85.1 Å². The third kappa shape index (κ3) is 3.88. The maximum absolute atomic E-state index is 12.7. The van der Waals surface area contributed by atoms with Gasteiger partial charge in [0.2, 0.25) is 0 Å². The van der Waals surface area contributed by atoms with E-state index in [-0.39, 0.29) is 5.91 Å². The second-order valence-electron chi connectivity index (χ2n) is 6.84. The Kier molecular flexibility index (Phi) is 5.33. The van der Waals surface area contributed by atoms with Crippen LogP contribution in [0.4, 0.5) is 0 Å². The molecule has 3 aliphatic rings. The molecule has 4 heterocycles. The standard InChI is InChI=1S/C17H25N3O4S/c21-16(15-18-4-11-25-15)20-6-10-24-17(13-20)12-19(5-1-7-23-17)14-2-8-22-9-3-14/h4,11,14H,1-3,5-10,12-13H2. The molecule has 0 saturated carbocycles. The highest BCUT2D eigenvalue weighted by molar-refractivity contribution is 7.11. The van der Waals surface area contributed by atoms with Crippen molar-refractivity contribution in [2.75, 3.05) is 52.6 Å². The summed E-state index contributed by atoms with van der Waals surface area (Å²) in [5.41, 5.74) is 0. The average Bonchev–Trinajstić information content (AvgIpc) is 3.12. The smallest absolute Gasteiger partial charge is 0.283 e. The molecule has 1 atom stereocenters. The summed E-state index contributed by atoms with van der Waals surface area (Å²) in [6, 6.07) is 0.515. The SMILES string of the molecule is O=C(c1nccs1)N1CCOC2(C1)CN(C1CCOCC1)CCCO2. The zero-order valence-corrected chi connectivity index (χ0v) is 15.2. The number of amides is 1. The Labute approximate surface area is 151 Å². The van der Waals surface area contributed by atoms with Crippen molar-refractivity contribution in [1.29, 1.82) is 0 Å². The van der Waals surface area contributed by atoms with Gasteiger partial charge in [0.1, 0.15) is 0 Å². The van der Waals surface area contributed by atoms with E-state index in [9.17, 15) is 4.79 Å². The molecular formula is C17H25N3O4S. The summed E-state index contributed by atoms with van der Waals surface area (Å²) >= 11 is 1.38. The highest BCUT2D eigenvalue weighted by Gasteiger charge is 2.43. The van der Waals surface area contributed by atoms with E-state index in [0.717, 1.165) is 39.0 Å². The van der Waals surface area contributed by atoms with Gasteiger partial charge < -0.3 is 19.1 Å². The predicted molar refractivity (Wildman–Crippen MR) is 92.7 cm³/mol. The van der Waals surface area contributed by atoms with Crippen molar-refractivity contribution in [2.45, 2.75) is 31.1 Å². The first-order valence-electron chi connectivity index (χ1n) is 9.04. The third-order valence-corrected chi connectivity index (χ3v) is 5.93. The van der Waals surface area contributed by atoms with E-state index in [1.54, 1.807) is 6.20 Å². The first-order valence-corrected chi connectivity index (χ1v) is 9.92. The fourth-order valence-corrected chi connectivity index (χ4v) is 4.50. The number of carbonyl (C=O) groups is 1. The molecule has 0 aromatic carbocycles. The van der Waals surface area contributed by atoms with Crippen molar-refractivity contribution in [3.63, 3.8) is 0 Å². The van der Waals surface area contributed by atoms with Gasteiger partial charge >= 0.3 is 0 Å². The van der Waals surface area contributed by atoms with Gasteiger partial charge in [0.25, 0.3) is 5.91 Å². The number of morpholine rings is 1. The normalized spacial score (nSPS) is 29.7. The van der Waals surface area contributed by atoms with Crippen LogP contribution in [0.3, 0.4) is 0 Å². The molecule has 25 heavy (non-hydrogen) atoms. The molecule has 1 unspecified atom stereocenters. The molecule has 0 N–H and O–H groups in total. The molecule has 138 valence electrons. The molecule has 1 aromatic heterocycles. The Bertz CT molecular complexity index is 578. The molecule has 0 bridgehead atoms. The molecule has 3 fully saturated rings. The van der Waals surface area contributed by atoms with Crippen LogP contribution in [-0.2, 0) is 14.2 Å². The van der Waals surface area contributed by atoms with Crippen molar-refractivity contribution in [3.05, 3.63) is 16.6 Å². The van der Waals surface area contributed by atoms with Crippen LogP contribution in [0.1, 0.15) is 29.1 Å². The topological polar surface area (TPSA) is 64.1 Å². The zero-order valence-electron chi connectivity index (χ0n) is 14.4. The van der Waals surface area contributed by atoms with Crippen LogP contribution in [0.2, 0.25) is 0 Å². The molecule has 1 aromatic rings. The number of ether oxygens (including phenoxy) is 3. The van der Waals surface area contributed by atoms with Gasteiger partial charge in [-0.3, -0.25) is 9.69 Å². The van der Waals surface area contributed by atoms with E-state index in [2.05, 4.69) is 9.88 Å². The minimum atomic E-state index is -0.722. The monoisotopic (exact) mass is 367 g/mol. The lowest BCUT2D eigenvalue weighted by molar-refractivity contribution is -0.262. The Balaban J connectivity index is 1.47. The maximum Gasteiger partial charge on any atom is 0.283 e. The number of aromatic nitrogens is 1.